The average Bonchev–Trinajstić information content (AvgIpc) is 3.19. The molecular weight excluding hydrogens is 302 g/mol. The van der Waals surface area contributed by atoms with E-state index in [9.17, 15) is 4.79 Å². The van der Waals surface area contributed by atoms with Crippen LogP contribution in [0.25, 0.3) is 0 Å². The first-order valence-corrected chi connectivity index (χ1v) is 8.17. The number of halogens is 1. The van der Waals surface area contributed by atoms with Crippen LogP contribution in [0.15, 0.2) is 24.3 Å². The number of aryl methyl sites for hydroxylation is 1. The van der Waals surface area contributed by atoms with Crippen LogP contribution in [-0.2, 0) is 11.2 Å². The van der Waals surface area contributed by atoms with Gasteiger partial charge in [-0.2, -0.15) is 0 Å². The second-order valence-corrected chi connectivity index (χ2v) is 6.55. The van der Waals surface area contributed by atoms with Crippen molar-refractivity contribution >= 4 is 21.8 Å². The normalized spacial score (nSPS) is 29.1. The molecule has 0 aliphatic heterocycles. The second kappa shape index (κ2) is 4.93. The third-order valence-corrected chi connectivity index (χ3v) is 5.78. The van der Waals surface area contributed by atoms with E-state index in [2.05, 4.69) is 47.1 Å². The van der Waals surface area contributed by atoms with Gasteiger partial charge in [0.1, 0.15) is 0 Å². The van der Waals surface area contributed by atoms with E-state index in [1.165, 1.54) is 17.5 Å². The van der Waals surface area contributed by atoms with Crippen molar-refractivity contribution in [3.63, 3.8) is 0 Å². The number of hydrogen-bond acceptors (Lipinski definition) is 1. The highest BCUT2D eigenvalue weighted by atomic mass is 79.9. The van der Waals surface area contributed by atoms with Gasteiger partial charge in [-0.15, -0.1) is 0 Å². The van der Waals surface area contributed by atoms with Gasteiger partial charge in [0.25, 0.3) is 0 Å². The van der Waals surface area contributed by atoms with Gasteiger partial charge in [-0.3, -0.25) is 4.79 Å². The van der Waals surface area contributed by atoms with E-state index in [1.807, 2.05) is 11.9 Å². The lowest BCUT2D eigenvalue weighted by molar-refractivity contribution is -0.133. The number of benzene rings is 1. The maximum Gasteiger partial charge on any atom is 0.226 e. The van der Waals surface area contributed by atoms with E-state index in [0.29, 0.717) is 17.7 Å². The summed E-state index contributed by atoms with van der Waals surface area (Å²) in [6, 6.07) is 8.91. The Labute approximate surface area is 123 Å². The molecule has 0 heterocycles. The molecule has 1 saturated carbocycles. The molecular formula is C16H20BrNO. The monoisotopic (exact) mass is 321 g/mol. The minimum Gasteiger partial charge on any atom is -0.342 e. The van der Waals surface area contributed by atoms with Crippen LogP contribution in [-0.4, -0.2) is 29.2 Å². The first-order chi connectivity index (χ1) is 9.15. The van der Waals surface area contributed by atoms with E-state index < -0.39 is 0 Å². The smallest absolute Gasteiger partial charge is 0.226 e. The highest BCUT2D eigenvalue weighted by Crippen LogP contribution is 2.60. The Hall–Kier alpha value is -0.830. The Kier molecular flexibility index (Phi) is 3.42. The zero-order valence-corrected chi connectivity index (χ0v) is 13.1. The minimum absolute atomic E-state index is 0.232. The maximum absolute atomic E-state index is 12.6. The van der Waals surface area contributed by atoms with Gasteiger partial charge >= 0.3 is 0 Å². The zero-order valence-electron chi connectivity index (χ0n) is 11.5. The lowest BCUT2D eigenvalue weighted by Crippen LogP contribution is -2.37. The SMILES string of the molecule is CC(CBr)N(C)C(=O)C1C2CCc3ccccc3C21. The first-order valence-electron chi connectivity index (χ1n) is 7.05. The van der Waals surface area contributed by atoms with Gasteiger partial charge in [0.15, 0.2) is 0 Å². The van der Waals surface area contributed by atoms with Crippen molar-refractivity contribution < 1.29 is 4.79 Å². The van der Waals surface area contributed by atoms with Crippen LogP contribution in [0.4, 0.5) is 0 Å². The third-order valence-electron chi connectivity index (χ3n) is 4.85. The molecule has 0 bridgehead atoms. The summed E-state index contributed by atoms with van der Waals surface area (Å²) in [6.07, 6.45) is 2.31. The van der Waals surface area contributed by atoms with Crippen molar-refractivity contribution in [3.8, 4) is 0 Å². The molecule has 2 aliphatic carbocycles. The standard InChI is InChI=1S/C16H20BrNO/c1-10(9-17)18(2)16(19)15-13-8-7-11-5-3-4-6-12(11)14(13)15/h3-6,10,13-15H,7-9H2,1-2H3. The summed E-state index contributed by atoms with van der Waals surface area (Å²) in [7, 11) is 1.94. The van der Waals surface area contributed by atoms with E-state index in [4.69, 9.17) is 0 Å². The number of nitrogens with zero attached hydrogens (tertiary/aromatic N) is 1. The van der Waals surface area contributed by atoms with Gasteiger partial charge in [0.2, 0.25) is 5.91 Å². The van der Waals surface area contributed by atoms with Crippen molar-refractivity contribution in [3.05, 3.63) is 35.4 Å². The summed E-state index contributed by atoms with van der Waals surface area (Å²) in [4.78, 5) is 14.5. The predicted molar refractivity (Wildman–Crippen MR) is 80.5 cm³/mol. The van der Waals surface area contributed by atoms with Crippen LogP contribution in [0.2, 0.25) is 0 Å². The van der Waals surface area contributed by atoms with Crippen LogP contribution in [0.1, 0.15) is 30.4 Å². The largest absolute Gasteiger partial charge is 0.342 e. The number of carbonyl (C=O) groups is 1. The topological polar surface area (TPSA) is 20.3 Å². The molecule has 1 aromatic rings. The Morgan fingerprint density at radius 2 is 2.21 bits per heavy atom. The Morgan fingerprint density at radius 3 is 2.95 bits per heavy atom. The fourth-order valence-corrected chi connectivity index (χ4v) is 3.89. The van der Waals surface area contributed by atoms with Gasteiger partial charge in [0.05, 0.1) is 0 Å². The summed E-state index contributed by atoms with van der Waals surface area (Å²) >= 11 is 3.46. The second-order valence-electron chi connectivity index (χ2n) is 5.91. The molecule has 3 heteroatoms. The first kappa shape index (κ1) is 13.2. The van der Waals surface area contributed by atoms with E-state index in [-0.39, 0.29) is 12.0 Å². The lowest BCUT2D eigenvalue weighted by Gasteiger charge is -2.23. The molecule has 0 aromatic heterocycles. The lowest BCUT2D eigenvalue weighted by atomic mass is 9.92. The van der Waals surface area contributed by atoms with Crippen LogP contribution < -0.4 is 0 Å². The van der Waals surface area contributed by atoms with Crippen molar-refractivity contribution in [1.29, 1.82) is 0 Å². The summed E-state index contributed by atoms with van der Waals surface area (Å²) in [5, 5.41) is 0.841. The highest BCUT2D eigenvalue weighted by Gasteiger charge is 2.57. The Morgan fingerprint density at radius 1 is 1.47 bits per heavy atom. The number of alkyl halides is 1. The summed E-state index contributed by atoms with van der Waals surface area (Å²) in [6.45, 7) is 2.09. The predicted octanol–water partition coefficient (Wildman–Crippen LogP) is 3.20. The van der Waals surface area contributed by atoms with Crippen LogP contribution in [0.3, 0.4) is 0 Å². The van der Waals surface area contributed by atoms with Crippen molar-refractivity contribution in [2.24, 2.45) is 11.8 Å². The molecule has 0 radical (unpaired) electrons. The molecule has 19 heavy (non-hydrogen) atoms. The van der Waals surface area contributed by atoms with Crippen LogP contribution in [0, 0.1) is 11.8 Å². The van der Waals surface area contributed by atoms with E-state index in [0.717, 1.165) is 11.8 Å². The Bertz CT molecular complexity index is 501. The molecule has 0 N–H and O–H groups in total. The molecule has 1 amide bonds. The van der Waals surface area contributed by atoms with Crippen molar-refractivity contribution in [1.82, 2.24) is 4.90 Å². The molecule has 1 aromatic carbocycles. The van der Waals surface area contributed by atoms with Gasteiger partial charge in [-0.1, -0.05) is 40.2 Å². The molecule has 4 atom stereocenters. The molecule has 4 unspecified atom stereocenters. The number of fused-ring (bicyclic) bond motifs is 3. The number of hydrogen-bond donors (Lipinski definition) is 0. The molecule has 2 nitrogen and oxygen atoms in total. The number of amides is 1. The molecule has 0 saturated heterocycles. The van der Waals surface area contributed by atoms with E-state index >= 15 is 0 Å². The van der Waals surface area contributed by atoms with Crippen molar-refractivity contribution in [2.45, 2.75) is 31.7 Å². The molecule has 1 fully saturated rings. The van der Waals surface area contributed by atoms with Crippen LogP contribution >= 0.6 is 15.9 Å². The number of carbonyl (C=O) groups excluding carboxylic acids is 1. The quantitative estimate of drug-likeness (QED) is 0.783. The summed E-state index contributed by atoms with van der Waals surface area (Å²) in [5.41, 5.74) is 2.88. The molecule has 102 valence electrons. The van der Waals surface area contributed by atoms with Gasteiger partial charge in [-0.25, -0.2) is 0 Å². The highest BCUT2D eigenvalue weighted by molar-refractivity contribution is 9.09. The van der Waals surface area contributed by atoms with E-state index in [1.54, 1.807) is 0 Å². The van der Waals surface area contributed by atoms with Gasteiger partial charge < -0.3 is 4.90 Å². The van der Waals surface area contributed by atoms with Gasteiger partial charge in [-0.05, 0) is 42.7 Å². The van der Waals surface area contributed by atoms with Crippen molar-refractivity contribution in [2.75, 3.05) is 12.4 Å². The van der Waals surface area contributed by atoms with Crippen LogP contribution in [0.5, 0.6) is 0 Å². The molecule has 3 rings (SSSR count). The maximum atomic E-state index is 12.6. The molecule has 2 aliphatic rings. The fourth-order valence-electron chi connectivity index (χ4n) is 3.46. The Balaban J connectivity index is 1.79. The third kappa shape index (κ3) is 2.12. The summed E-state index contributed by atoms with van der Waals surface area (Å²) in [5.74, 6) is 1.64. The number of rotatable bonds is 3. The average molecular weight is 322 g/mol. The fraction of sp³-hybridized carbons (Fsp3) is 0.562. The summed E-state index contributed by atoms with van der Waals surface area (Å²) < 4.78 is 0. The molecule has 0 spiro atoms. The minimum atomic E-state index is 0.232. The zero-order chi connectivity index (χ0) is 13.6. The van der Waals surface area contributed by atoms with Gasteiger partial charge in [0, 0.05) is 24.3 Å².